The summed E-state index contributed by atoms with van der Waals surface area (Å²) < 4.78 is 0. The van der Waals surface area contributed by atoms with Gasteiger partial charge >= 0.3 is 0 Å². The van der Waals surface area contributed by atoms with E-state index in [9.17, 15) is 0 Å². The zero-order valence-corrected chi connectivity index (χ0v) is 17.7. The zero-order chi connectivity index (χ0) is 16.9. The Kier molecular flexibility index (Phi) is 8.63. The Morgan fingerprint density at radius 2 is 0.889 bits per heavy atom. The van der Waals surface area contributed by atoms with Crippen LogP contribution in [-0.2, 0) is 0 Å². The summed E-state index contributed by atoms with van der Waals surface area (Å²) in [6.07, 6.45) is 0. The van der Waals surface area contributed by atoms with E-state index in [0.717, 1.165) is 57.7 Å². The number of amidine groups is 2. The zero-order valence-electron chi connectivity index (χ0n) is 14.5. The van der Waals surface area contributed by atoms with E-state index in [1.54, 1.807) is 23.5 Å². The van der Waals surface area contributed by atoms with E-state index in [0.29, 0.717) is 0 Å². The highest BCUT2D eigenvalue weighted by Crippen LogP contribution is 2.23. The number of aliphatic imine (C=N–C) groups is 2. The number of thioether (sulfide) groups is 2. The molecule has 0 aliphatic carbocycles. The van der Waals surface area contributed by atoms with Crippen molar-refractivity contribution in [3.8, 4) is 0 Å². The molecule has 0 atom stereocenters. The second-order valence-corrected chi connectivity index (χ2v) is 7.77. The van der Waals surface area contributed by atoms with Gasteiger partial charge in [0.1, 0.15) is 0 Å². The first-order chi connectivity index (χ1) is 12.3. The van der Waals surface area contributed by atoms with Gasteiger partial charge in [-0.3, -0.25) is 9.98 Å². The van der Waals surface area contributed by atoms with Crippen molar-refractivity contribution in [2.45, 2.75) is 0 Å². The van der Waals surface area contributed by atoms with Gasteiger partial charge in [0.25, 0.3) is 0 Å². The third-order valence-electron chi connectivity index (χ3n) is 3.73. The fraction of sp³-hybridized carbons (Fsp3) is 0.222. The van der Waals surface area contributed by atoms with E-state index in [1.165, 1.54) is 0 Å². The van der Waals surface area contributed by atoms with Crippen molar-refractivity contribution in [3.05, 3.63) is 48.5 Å². The van der Waals surface area contributed by atoms with Crippen LogP contribution in [0.1, 0.15) is 0 Å². The van der Waals surface area contributed by atoms with Crippen LogP contribution < -0.4 is 16.0 Å². The van der Waals surface area contributed by atoms with Crippen molar-refractivity contribution in [1.82, 2.24) is 0 Å². The van der Waals surface area contributed by atoms with Crippen LogP contribution in [0.4, 0.5) is 22.7 Å². The molecule has 0 radical (unpaired) electrons. The molecule has 2 aliphatic heterocycles. The summed E-state index contributed by atoms with van der Waals surface area (Å²) >= 11 is 3.53. The van der Waals surface area contributed by atoms with Crippen molar-refractivity contribution in [2.75, 3.05) is 40.5 Å². The number of nitrogens with one attached hydrogen (secondary N) is 3. The van der Waals surface area contributed by atoms with Crippen molar-refractivity contribution in [2.24, 2.45) is 9.98 Å². The largest absolute Gasteiger partial charge is 0.356 e. The van der Waals surface area contributed by atoms with E-state index in [4.69, 9.17) is 0 Å². The van der Waals surface area contributed by atoms with Crippen LogP contribution >= 0.6 is 48.3 Å². The van der Waals surface area contributed by atoms with Gasteiger partial charge in [0.05, 0.1) is 13.1 Å². The van der Waals surface area contributed by atoms with Crippen molar-refractivity contribution >= 4 is 81.4 Å². The predicted octanol–water partition coefficient (Wildman–Crippen LogP) is 5.30. The number of anilines is 4. The molecule has 27 heavy (non-hydrogen) atoms. The quantitative estimate of drug-likeness (QED) is 0.600. The topological polar surface area (TPSA) is 60.8 Å². The number of hydrogen-bond donors (Lipinski definition) is 3. The molecule has 2 aliphatic rings. The molecule has 2 heterocycles. The molecule has 2 aromatic rings. The molecule has 0 unspecified atom stereocenters. The first kappa shape index (κ1) is 21.8. The molecule has 144 valence electrons. The lowest BCUT2D eigenvalue weighted by Gasteiger charge is -2.10. The van der Waals surface area contributed by atoms with Crippen molar-refractivity contribution in [1.29, 1.82) is 0 Å². The summed E-state index contributed by atoms with van der Waals surface area (Å²) in [6.45, 7) is 1.81. The Morgan fingerprint density at radius 3 is 1.19 bits per heavy atom. The van der Waals surface area contributed by atoms with Crippen LogP contribution in [0.3, 0.4) is 0 Å². The highest BCUT2D eigenvalue weighted by molar-refractivity contribution is 8.14. The van der Waals surface area contributed by atoms with E-state index < -0.39 is 0 Å². The Labute approximate surface area is 180 Å². The van der Waals surface area contributed by atoms with Gasteiger partial charge in [-0.1, -0.05) is 23.5 Å². The molecule has 0 saturated heterocycles. The first-order valence-corrected chi connectivity index (χ1v) is 10.2. The minimum Gasteiger partial charge on any atom is -0.356 e. The van der Waals surface area contributed by atoms with Gasteiger partial charge in [-0.05, 0) is 48.5 Å². The van der Waals surface area contributed by atoms with Gasteiger partial charge in [0, 0.05) is 34.3 Å². The van der Waals surface area contributed by atoms with Gasteiger partial charge in [0.2, 0.25) is 0 Å². The standard InChI is InChI=1S/C18H19N5S2.2ClH/c1-5-15(22-17-19-9-11-24-17)6-2-13(1)21-14-3-7-16(8-4-14)23-18-20-10-12-25-18;;/h1-8,21H,9-12H2,(H,19,22)(H,20,23);2*1H. The molecule has 9 heteroatoms. The number of rotatable bonds is 4. The third kappa shape index (κ3) is 6.24. The normalized spacial score (nSPS) is 15.1. The Morgan fingerprint density at radius 1 is 0.556 bits per heavy atom. The lowest BCUT2D eigenvalue weighted by Crippen LogP contribution is -2.05. The smallest absolute Gasteiger partial charge is 0.161 e. The van der Waals surface area contributed by atoms with Crippen LogP contribution in [-0.4, -0.2) is 34.9 Å². The molecule has 4 rings (SSSR count). The molecule has 0 amide bonds. The summed E-state index contributed by atoms with van der Waals surface area (Å²) in [7, 11) is 0. The summed E-state index contributed by atoms with van der Waals surface area (Å²) in [4.78, 5) is 8.81. The number of hydrogen-bond acceptors (Lipinski definition) is 7. The van der Waals surface area contributed by atoms with Crippen LogP contribution in [0.25, 0.3) is 0 Å². The average molecular weight is 442 g/mol. The molecular weight excluding hydrogens is 421 g/mol. The van der Waals surface area contributed by atoms with Gasteiger partial charge in [0.15, 0.2) is 10.3 Å². The van der Waals surface area contributed by atoms with Crippen molar-refractivity contribution in [3.63, 3.8) is 0 Å². The van der Waals surface area contributed by atoms with E-state index in [2.05, 4.69) is 74.5 Å². The van der Waals surface area contributed by atoms with E-state index in [1.807, 2.05) is 0 Å². The Balaban J connectivity index is 0.00000131. The SMILES string of the molecule is Cl.Cl.c1cc(Nc2ccc(NC3=NCCS3)cc2)ccc1NC1=NCCS1. The molecule has 0 saturated carbocycles. The summed E-state index contributed by atoms with van der Waals surface area (Å²) in [5.74, 6) is 2.14. The number of nitrogens with zero attached hydrogens (tertiary/aromatic N) is 2. The molecule has 5 nitrogen and oxygen atoms in total. The first-order valence-electron chi connectivity index (χ1n) is 8.21. The highest BCUT2D eigenvalue weighted by atomic mass is 35.5. The number of benzene rings is 2. The monoisotopic (exact) mass is 441 g/mol. The van der Waals surface area contributed by atoms with Gasteiger partial charge in [-0.15, -0.1) is 24.8 Å². The maximum Gasteiger partial charge on any atom is 0.161 e. The summed E-state index contributed by atoms with van der Waals surface area (Å²) in [5.41, 5.74) is 4.24. The van der Waals surface area contributed by atoms with Crippen LogP contribution in [0.2, 0.25) is 0 Å². The lowest BCUT2D eigenvalue weighted by atomic mass is 10.2. The summed E-state index contributed by atoms with van der Waals surface area (Å²) in [5, 5.41) is 12.1. The molecule has 0 fully saturated rings. The third-order valence-corrected chi connectivity index (χ3v) is 5.51. The van der Waals surface area contributed by atoms with Gasteiger partial charge < -0.3 is 16.0 Å². The lowest BCUT2D eigenvalue weighted by molar-refractivity contribution is 1.17. The fourth-order valence-electron chi connectivity index (χ4n) is 2.51. The minimum atomic E-state index is 0. The molecule has 2 aromatic carbocycles. The maximum atomic E-state index is 4.40. The molecule has 0 spiro atoms. The second kappa shape index (κ2) is 10.7. The molecule has 0 aromatic heterocycles. The highest BCUT2D eigenvalue weighted by Gasteiger charge is 2.08. The Hall–Kier alpha value is -1.54. The minimum absolute atomic E-state index is 0. The fourth-order valence-corrected chi connectivity index (χ4v) is 4.01. The molecule has 3 N–H and O–H groups in total. The van der Waals surface area contributed by atoms with E-state index >= 15 is 0 Å². The molecular formula is C18H21Cl2N5S2. The van der Waals surface area contributed by atoms with Crippen LogP contribution in [0.5, 0.6) is 0 Å². The number of halogens is 2. The van der Waals surface area contributed by atoms with Gasteiger partial charge in [-0.25, -0.2) is 0 Å². The van der Waals surface area contributed by atoms with E-state index in [-0.39, 0.29) is 24.8 Å². The average Bonchev–Trinajstić information content (AvgIpc) is 3.33. The maximum absolute atomic E-state index is 4.40. The second-order valence-electron chi connectivity index (χ2n) is 5.60. The predicted molar refractivity (Wildman–Crippen MR) is 127 cm³/mol. The van der Waals surface area contributed by atoms with Crippen LogP contribution in [0, 0.1) is 0 Å². The summed E-state index contributed by atoms with van der Waals surface area (Å²) in [6, 6.07) is 16.5. The van der Waals surface area contributed by atoms with Crippen molar-refractivity contribution < 1.29 is 0 Å². The van der Waals surface area contributed by atoms with Gasteiger partial charge in [-0.2, -0.15) is 0 Å². The Bertz CT molecular complexity index is 727. The van der Waals surface area contributed by atoms with Crippen LogP contribution in [0.15, 0.2) is 58.5 Å². The molecule has 0 bridgehead atoms.